The molecule has 3 aromatic rings. The van der Waals surface area contributed by atoms with Crippen molar-refractivity contribution in [1.29, 1.82) is 0 Å². The van der Waals surface area contributed by atoms with Gasteiger partial charge in [-0.2, -0.15) is 4.98 Å². The van der Waals surface area contributed by atoms with Gasteiger partial charge in [0.15, 0.2) is 5.82 Å². The van der Waals surface area contributed by atoms with Crippen LogP contribution in [0.3, 0.4) is 0 Å². The van der Waals surface area contributed by atoms with Crippen molar-refractivity contribution in [3.63, 3.8) is 0 Å². The van der Waals surface area contributed by atoms with Gasteiger partial charge >= 0.3 is 0 Å². The molecular formula is C16H16N4O. The molecule has 2 aromatic heterocycles. The van der Waals surface area contributed by atoms with Gasteiger partial charge in [0.05, 0.1) is 6.54 Å². The summed E-state index contributed by atoms with van der Waals surface area (Å²) in [6.45, 7) is 2.58. The molecule has 0 saturated carbocycles. The van der Waals surface area contributed by atoms with Gasteiger partial charge < -0.3 is 9.84 Å². The zero-order chi connectivity index (χ0) is 14.5. The number of hydrogen-bond donors (Lipinski definition) is 1. The van der Waals surface area contributed by atoms with Gasteiger partial charge in [-0.05, 0) is 36.8 Å². The maximum Gasteiger partial charge on any atom is 0.245 e. The highest BCUT2D eigenvalue weighted by atomic mass is 16.5. The van der Waals surface area contributed by atoms with E-state index >= 15 is 0 Å². The molecule has 0 amide bonds. The summed E-state index contributed by atoms with van der Waals surface area (Å²) in [5, 5.41) is 7.25. The molecule has 0 aliphatic carbocycles. The van der Waals surface area contributed by atoms with Crippen LogP contribution in [0.25, 0.3) is 0 Å². The Morgan fingerprint density at radius 3 is 2.57 bits per heavy atom. The third kappa shape index (κ3) is 3.66. The lowest BCUT2D eigenvalue weighted by molar-refractivity contribution is 0.378. The molecule has 106 valence electrons. The van der Waals surface area contributed by atoms with E-state index in [1.54, 1.807) is 12.4 Å². The van der Waals surface area contributed by atoms with E-state index in [0.29, 0.717) is 24.7 Å². The van der Waals surface area contributed by atoms with Crippen molar-refractivity contribution < 1.29 is 4.52 Å². The molecule has 1 N–H and O–H groups in total. The van der Waals surface area contributed by atoms with Crippen LogP contribution in [-0.4, -0.2) is 15.1 Å². The van der Waals surface area contributed by atoms with Gasteiger partial charge in [-0.15, -0.1) is 0 Å². The largest absolute Gasteiger partial charge is 0.376 e. The Kier molecular flexibility index (Phi) is 3.91. The number of nitrogens with one attached hydrogen (secondary N) is 1. The predicted molar refractivity (Wildman–Crippen MR) is 79.8 cm³/mol. The third-order valence-corrected chi connectivity index (χ3v) is 3.12. The number of nitrogens with zero attached hydrogens (tertiary/aromatic N) is 3. The van der Waals surface area contributed by atoms with Crippen molar-refractivity contribution in [2.45, 2.75) is 19.9 Å². The van der Waals surface area contributed by atoms with Crippen LogP contribution >= 0.6 is 0 Å². The lowest BCUT2D eigenvalue weighted by Crippen LogP contribution is -2.00. The lowest BCUT2D eigenvalue weighted by atomic mass is 10.2. The maximum absolute atomic E-state index is 5.24. The van der Waals surface area contributed by atoms with E-state index in [-0.39, 0.29) is 0 Å². The molecule has 0 atom stereocenters. The fourth-order valence-corrected chi connectivity index (χ4v) is 1.97. The highest BCUT2D eigenvalue weighted by Crippen LogP contribution is 2.11. The Morgan fingerprint density at radius 2 is 1.81 bits per heavy atom. The van der Waals surface area contributed by atoms with E-state index < -0.39 is 0 Å². The number of benzene rings is 1. The highest BCUT2D eigenvalue weighted by Gasteiger charge is 2.06. The summed E-state index contributed by atoms with van der Waals surface area (Å²) in [4.78, 5) is 8.36. The topological polar surface area (TPSA) is 63.8 Å². The van der Waals surface area contributed by atoms with Crippen LogP contribution in [-0.2, 0) is 13.0 Å². The Labute approximate surface area is 123 Å². The van der Waals surface area contributed by atoms with E-state index in [1.807, 2.05) is 24.3 Å². The number of pyridine rings is 1. The van der Waals surface area contributed by atoms with Gasteiger partial charge in [0.2, 0.25) is 5.89 Å². The number of aryl methyl sites for hydroxylation is 1. The summed E-state index contributed by atoms with van der Waals surface area (Å²) in [7, 11) is 0. The summed E-state index contributed by atoms with van der Waals surface area (Å²) in [5.74, 6) is 1.27. The Balaban J connectivity index is 1.59. The molecule has 5 heteroatoms. The van der Waals surface area contributed by atoms with E-state index in [9.17, 15) is 0 Å². The van der Waals surface area contributed by atoms with Crippen LogP contribution in [0.4, 0.5) is 5.69 Å². The summed E-state index contributed by atoms with van der Waals surface area (Å²) in [5.41, 5.74) is 3.39. The van der Waals surface area contributed by atoms with Gasteiger partial charge in [-0.1, -0.05) is 22.9 Å². The van der Waals surface area contributed by atoms with Gasteiger partial charge in [-0.25, -0.2) is 0 Å². The summed E-state index contributed by atoms with van der Waals surface area (Å²) in [6.07, 6.45) is 4.17. The monoisotopic (exact) mass is 280 g/mol. The number of anilines is 1. The van der Waals surface area contributed by atoms with Crippen LogP contribution in [0, 0.1) is 6.92 Å². The zero-order valence-electron chi connectivity index (χ0n) is 11.8. The van der Waals surface area contributed by atoms with Crippen molar-refractivity contribution in [3.05, 3.63) is 71.6 Å². The van der Waals surface area contributed by atoms with Gasteiger partial charge in [0.25, 0.3) is 0 Å². The minimum absolute atomic E-state index is 0.520. The second kappa shape index (κ2) is 6.17. The quantitative estimate of drug-likeness (QED) is 0.778. The molecule has 1 aromatic carbocycles. The molecular weight excluding hydrogens is 264 g/mol. The fourth-order valence-electron chi connectivity index (χ4n) is 1.97. The second-order valence-corrected chi connectivity index (χ2v) is 4.86. The number of rotatable bonds is 5. The molecule has 0 radical (unpaired) electrons. The summed E-state index contributed by atoms with van der Waals surface area (Å²) in [6, 6.07) is 12.1. The van der Waals surface area contributed by atoms with Gasteiger partial charge in [0, 0.05) is 24.5 Å². The molecule has 0 spiro atoms. The normalized spacial score (nSPS) is 10.5. The summed E-state index contributed by atoms with van der Waals surface area (Å²) >= 11 is 0. The van der Waals surface area contributed by atoms with Crippen LogP contribution < -0.4 is 5.32 Å². The minimum atomic E-state index is 0.520. The SMILES string of the molecule is Cc1ccc(NCc2nc(Cc3ccncc3)no2)cc1. The predicted octanol–water partition coefficient (Wildman–Crippen LogP) is 2.98. The molecule has 5 nitrogen and oxygen atoms in total. The molecule has 21 heavy (non-hydrogen) atoms. The number of aromatic nitrogens is 3. The third-order valence-electron chi connectivity index (χ3n) is 3.12. The summed E-state index contributed by atoms with van der Waals surface area (Å²) < 4.78 is 5.24. The standard InChI is InChI=1S/C16H16N4O/c1-12-2-4-14(5-3-12)18-11-16-19-15(20-21-16)10-13-6-8-17-9-7-13/h2-9,18H,10-11H2,1H3. The van der Waals surface area contributed by atoms with E-state index in [0.717, 1.165) is 11.3 Å². The van der Waals surface area contributed by atoms with Crippen molar-refractivity contribution in [2.75, 3.05) is 5.32 Å². The molecule has 0 fully saturated rings. The fraction of sp³-hybridized carbons (Fsp3) is 0.188. The van der Waals surface area contributed by atoms with E-state index in [4.69, 9.17) is 4.52 Å². The van der Waals surface area contributed by atoms with Crippen LogP contribution in [0.1, 0.15) is 22.8 Å². The van der Waals surface area contributed by atoms with Crippen LogP contribution in [0.15, 0.2) is 53.3 Å². The van der Waals surface area contributed by atoms with Crippen molar-refractivity contribution >= 4 is 5.69 Å². The second-order valence-electron chi connectivity index (χ2n) is 4.86. The molecule has 0 bridgehead atoms. The number of hydrogen-bond acceptors (Lipinski definition) is 5. The first kappa shape index (κ1) is 13.3. The Morgan fingerprint density at radius 1 is 1.05 bits per heavy atom. The van der Waals surface area contributed by atoms with E-state index in [1.165, 1.54) is 5.56 Å². The average Bonchev–Trinajstić information content (AvgIpc) is 2.95. The van der Waals surface area contributed by atoms with Crippen molar-refractivity contribution in [1.82, 2.24) is 15.1 Å². The maximum atomic E-state index is 5.24. The molecule has 0 aliphatic heterocycles. The molecule has 3 rings (SSSR count). The molecule has 2 heterocycles. The first-order valence-electron chi connectivity index (χ1n) is 6.80. The van der Waals surface area contributed by atoms with Crippen molar-refractivity contribution in [2.24, 2.45) is 0 Å². The van der Waals surface area contributed by atoms with E-state index in [2.05, 4.69) is 39.5 Å². The Bertz CT molecular complexity index is 692. The Hall–Kier alpha value is -2.69. The van der Waals surface area contributed by atoms with Crippen molar-refractivity contribution in [3.8, 4) is 0 Å². The zero-order valence-corrected chi connectivity index (χ0v) is 11.8. The smallest absolute Gasteiger partial charge is 0.245 e. The van der Waals surface area contributed by atoms with Crippen LogP contribution in [0.2, 0.25) is 0 Å². The van der Waals surface area contributed by atoms with Crippen LogP contribution in [0.5, 0.6) is 0 Å². The highest BCUT2D eigenvalue weighted by molar-refractivity contribution is 5.44. The molecule has 0 unspecified atom stereocenters. The minimum Gasteiger partial charge on any atom is -0.376 e. The average molecular weight is 280 g/mol. The van der Waals surface area contributed by atoms with Gasteiger partial charge in [-0.3, -0.25) is 4.98 Å². The van der Waals surface area contributed by atoms with Gasteiger partial charge in [0.1, 0.15) is 0 Å². The molecule has 0 aliphatic rings. The molecule has 0 saturated heterocycles. The first-order valence-corrected chi connectivity index (χ1v) is 6.80. The lowest BCUT2D eigenvalue weighted by Gasteiger charge is -2.02. The first-order chi connectivity index (χ1) is 10.3.